The molecule has 0 heterocycles. The summed E-state index contributed by atoms with van der Waals surface area (Å²) < 4.78 is 1.00. The van der Waals surface area contributed by atoms with Gasteiger partial charge in [-0.1, -0.05) is 56.9 Å². The molecule has 122 valence electrons. The van der Waals surface area contributed by atoms with Crippen molar-refractivity contribution in [2.24, 2.45) is 0 Å². The molecule has 0 aromatic heterocycles. The van der Waals surface area contributed by atoms with Crippen molar-refractivity contribution in [3.63, 3.8) is 0 Å². The van der Waals surface area contributed by atoms with Gasteiger partial charge in [0.05, 0.1) is 27.2 Å². The third kappa shape index (κ3) is 8.45. The van der Waals surface area contributed by atoms with E-state index in [-0.39, 0.29) is 19.0 Å². The van der Waals surface area contributed by atoms with Crippen LogP contribution in [-0.4, -0.2) is 30.2 Å². The second-order valence-electron chi connectivity index (χ2n) is 6.51. The van der Waals surface area contributed by atoms with E-state index in [1.165, 1.54) is 50.6 Å². The van der Waals surface area contributed by atoms with Gasteiger partial charge in [-0.25, -0.2) is 0 Å². The van der Waals surface area contributed by atoms with Crippen LogP contribution in [0.1, 0.15) is 56.6 Å². The average Bonchev–Trinajstić information content (AvgIpc) is 2.43. The minimum absolute atomic E-state index is 0. The Kier molecular flexibility index (Phi) is 10.8. The molecule has 0 aliphatic heterocycles. The first kappa shape index (κ1) is 20.4. The maximum atomic E-state index is 9.40. The van der Waals surface area contributed by atoms with E-state index in [0.29, 0.717) is 0 Å². The SMILES string of the molecule is CCCCCCCC[N+](C)(C)Cc1ccccc1CO.[Cl-]. The van der Waals surface area contributed by atoms with E-state index < -0.39 is 0 Å². The molecule has 1 aromatic carbocycles. The van der Waals surface area contributed by atoms with Crippen LogP contribution >= 0.6 is 0 Å². The Labute approximate surface area is 137 Å². The minimum atomic E-state index is 0. The third-order valence-electron chi connectivity index (χ3n) is 4.00. The van der Waals surface area contributed by atoms with Gasteiger partial charge in [-0.15, -0.1) is 0 Å². The van der Waals surface area contributed by atoms with Crippen molar-refractivity contribution in [2.75, 3.05) is 20.6 Å². The summed E-state index contributed by atoms with van der Waals surface area (Å²) in [7, 11) is 4.58. The summed E-state index contributed by atoms with van der Waals surface area (Å²) >= 11 is 0. The molecule has 0 spiro atoms. The molecule has 0 radical (unpaired) electrons. The van der Waals surface area contributed by atoms with E-state index in [2.05, 4.69) is 33.2 Å². The van der Waals surface area contributed by atoms with Crippen LogP contribution in [0.25, 0.3) is 0 Å². The number of benzene rings is 1. The van der Waals surface area contributed by atoms with Gasteiger partial charge in [0.2, 0.25) is 0 Å². The quantitative estimate of drug-likeness (QED) is 0.507. The molecule has 1 rings (SSSR count). The molecule has 0 fully saturated rings. The van der Waals surface area contributed by atoms with Crippen LogP contribution in [-0.2, 0) is 13.2 Å². The fourth-order valence-corrected chi connectivity index (χ4v) is 2.73. The number of hydrogen-bond acceptors (Lipinski definition) is 1. The van der Waals surface area contributed by atoms with Crippen molar-refractivity contribution < 1.29 is 22.0 Å². The zero-order valence-corrected chi connectivity index (χ0v) is 14.7. The summed E-state index contributed by atoms with van der Waals surface area (Å²) in [5.74, 6) is 0. The highest BCUT2D eigenvalue weighted by Crippen LogP contribution is 2.16. The number of rotatable bonds is 10. The van der Waals surface area contributed by atoms with Crippen LogP contribution in [0, 0.1) is 0 Å². The van der Waals surface area contributed by atoms with Crippen molar-refractivity contribution in [1.82, 2.24) is 0 Å². The molecule has 0 bridgehead atoms. The second kappa shape index (κ2) is 11.1. The Balaban J connectivity index is 0.00000400. The predicted molar refractivity (Wildman–Crippen MR) is 86.4 cm³/mol. The lowest BCUT2D eigenvalue weighted by Crippen LogP contribution is -3.00. The number of nitrogens with zero attached hydrogens (tertiary/aromatic N) is 1. The Bertz CT molecular complexity index is 379. The zero-order chi connectivity index (χ0) is 14.8. The maximum absolute atomic E-state index is 9.40. The van der Waals surface area contributed by atoms with Crippen LogP contribution in [0.5, 0.6) is 0 Å². The molecule has 3 heteroatoms. The van der Waals surface area contributed by atoms with Crippen LogP contribution in [0.4, 0.5) is 0 Å². The Hall–Kier alpha value is -0.570. The van der Waals surface area contributed by atoms with Gasteiger partial charge < -0.3 is 22.0 Å². The third-order valence-corrected chi connectivity index (χ3v) is 4.00. The van der Waals surface area contributed by atoms with Gasteiger partial charge in [0.1, 0.15) is 6.54 Å². The van der Waals surface area contributed by atoms with E-state index in [0.717, 1.165) is 16.6 Å². The van der Waals surface area contributed by atoms with Gasteiger partial charge in [0.25, 0.3) is 0 Å². The molecular formula is C18H32ClNO. The van der Waals surface area contributed by atoms with E-state index in [1.807, 2.05) is 12.1 Å². The number of aliphatic hydroxyl groups excluding tert-OH is 1. The van der Waals surface area contributed by atoms with E-state index in [4.69, 9.17) is 0 Å². The standard InChI is InChI=1S/C18H32NO.ClH/c1-4-5-6-7-8-11-14-19(2,3)15-17-12-9-10-13-18(17)16-20;/h9-10,12-13,20H,4-8,11,14-16H2,1-3H3;1H/q+1;/p-1. The molecule has 1 aromatic rings. The Morgan fingerprint density at radius 3 is 2.10 bits per heavy atom. The maximum Gasteiger partial charge on any atom is 0.104 e. The number of aliphatic hydroxyl groups is 1. The molecule has 0 saturated heterocycles. The predicted octanol–water partition coefficient (Wildman–Crippen LogP) is 1.12. The highest BCUT2D eigenvalue weighted by molar-refractivity contribution is 5.25. The Morgan fingerprint density at radius 1 is 0.905 bits per heavy atom. The molecule has 0 amide bonds. The molecule has 1 N–H and O–H groups in total. The largest absolute Gasteiger partial charge is 1.00 e. The first-order chi connectivity index (χ1) is 9.59. The first-order valence-electron chi connectivity index (χ1n) is 8.08. The summed E-state index contributed by atoms with van der Waals surface area (Å²) in [4.78, 5) is 0. The summed E-state index contributed by atoms with van der Waals surface area (Å²) in [6, 6.07) is 8.24. The molecule has 21 heavy (non-hydrogen) atoms. The highest BCUT2D eigenvalue weighted by atomic mass is 35.5. The topological polar surface area (TPSA) is 20.2 Å². The molecule has 0 saturated carbocycles. The molecule has 0 aliphatic carbocycles. The molecule has 0 unspecified atom stereocenters. The number of unbranched alkanes of at least 4 members (excludes halogenated alkanes) is 5. The molecular weight excluding hydrogens is 282 g/mol. The number of halogens is 1. The normalized spacial score (nSPS) is 11.2. The molecule has 0 aliphatic rings. The monoisotopic (exact) mass is 313 g/mol. The van der Waals surface area contributed by atoms with Crippen molar-refractivity contribution in [2.45, 2.75) is 58.6 Å². The summed E-state index contributed by atoms with van der Waals surface area (Å²) in [5.41, 5.74) is 2.35. The Morgan fingerprint density at radius 2 is 1.48 bits per heavy atom. The van der Waals surface area contributed by atoms with E-state index in [9.17, 15) is 5.11 Å². The van der Waals surface area contributed by atoms with Crippen LogP contribution in [0.3, 0.4) is 0 Å². The van der Waals surface area contributed by atoms with Crippen molar-refractivity contribution in [1.29, 1.82) is 0 Å². The van der Waals surface area contributed by atoms with Crippen LogP contribution in [0.2, 0.25) is 0 Å². The van der Waals surface area contributed by atoms with Gasteiger partial charge in [0, 0.05) is 5.56 Å². The summed E-state index contributed by atoms with van der Waals surface area (Å²) in [5, 5.41) is 9.40. The molecule has 0 atom stereocenters. The van der Waals surface area contributed by atoms with Crippen molar-refractivity contribution >= 4 is 0 Å². The van der Waals surface area contributed by atoms with Crippen molar-refractivity contribution in [3.8, 4) is 0 Å². The highest BCUT2D eigenvalue weighted by Gasteiger charge is 2.17. The van der Waals surface area contributed by atoms with Gasteiger partial charge in [-0.2, -0.15) is 0 Å². The molecule has 2 nitrogen and oxygen atoms in total. The van der Waals surface area contributed by atoms with Crippen molar-refractivity contribution in [3.05, 3.63) is 35.4 Å². The smallest absolute Gasteiger partial charge is 0.104 e. The lowest BCUT2D eigenvalue weighted by molar-refractivity contribution is -0.903. The zero-order valence-electron chi connectivity index (χ0n) is 13.9. The first-order valence-corrected chi connectivity index (χ1v) is 8.08. The number of quaternary nitrogens is 1. The summed E-state index contributed by atoms with van der Waals surface area (Å²) in [6.07, 6.45) is 8.11. The van der Waals surface area contributed by atoms with E-state index >= 15 is 0 Å². The number of hydrogen-bond donors (Lipinski definition) is 1. The van der Waals surface area contributed by atoms with Gasteiger partial charge in [-0.3, -0.25) is 0 Å². The van der Waals surface area contributed by atoms with Gasteiger partial charge in [-0.05, 0) is 18.4 Å². The minimum Gasteiger partial charge on any atom is -1.00 e. The lowest BCUT2D eigenvalue weighted by atomic mass is 10.1. The summed E-state index contributed by atoms with van der Waals surface area (Å²) in [6.45, 7) is 4.63. The van der Waals surface area contributed by atoms with E-state index in [1.54, 1.807) is 0 Å². The second-order valence-corrected chi connectivity index (χ2v) is 6.51. The van der Waals surface area contributed by atoms with Gasteiger partial charge in [0.15, 0.2) is 0 Å². The fourth-order valence-electron chi connectivity index (χ4n) is 2.73. The lowest BCUT2D eigenvalue weighted by Gasteiger charge is -2.30. The van der Waals surface area contributed by atoms with Crippen LogP contribution < -0.4 is 12.4 Å². The van der Waals surface area contributed by atoms with Gasteiger partial charge >= 0.3 is 0 Å². The average molecular weight is 314 g/mol. The van der Waals surface area contributed by atoms with Crippen LogP contribution in [0.15, 0.2) is 24.3 Å². The fraction of sp³-hybridized carbons (Fsp3) is 0.667.